The molecule has 100 valence electrons. The Morgan fingerprint density at radius 3 is 2.44 bits per heavy atom. The quantitative estimate of drug-likeness (QED) is 0.651. The second-order valence-corrected chi connectivity index (χ2v) is 4.13. The van der Waals surface area contributed by atoms with Crippen LogP contribution in [0.2, 0.25) is 0 Å². The largest absolute Gasteiger partial charge is 0.462 e. The molecule has 5 heteroatoms. The van der Waals surface area contributed by atoms with Crippen LogP contribution in [0.5, 0.6) is 0 Å². The summed E-state index contributed by atoms with van der Waals surface area (Å²) in [5.41, 5.74) is 4.43. The topological polar surface area (TPSA) is 52.3 Å². The summed E-state index contributed by atoms with van der Waals surface area (Å²) in [5, 5.41) is 0. The van der Waals surface area contributed by atoms with Gasteiger partial charge >= 0.3 is 5.97 Å². The molecule has 0 amide bonds. The predicted molar refractivity (Wildman–Crippen MR) is 65.1 cm³/mol. The number of benzene rings is 1. The predicted octanol–water partition coefficient (Wildman–Crippen LogP) is 3.14. The fraction of sp³-hybridized carbons (Fsp3) is 0.462. The summed E-state index contributed by atoms with van der Waals surface area (Å²) >= 11 is 0. The number of halogens is 2. The normalized spacial score (nSPS) is 10.7. The lowest BCUT2D eigenvalue weighted by molar-refractivity contribution is 0.0427. The van der Waals surface area contributed by atoms with E-state index in [2.05, 4.69) is 0 Å². The molecule has 1 aromatic rings. The van der Waals surface area contributed by atoms with E-state index in [4.69, 9.17) is 10.5 Å². The maximum Gasteiger partial charge on any atom is 0.341 e. The molecular formula is C13H17F2NO2. The van der Waals surface area contributed by atoms with Crippen LogP contribution in [-0.4, -0.2) is 12.6 Å². The van der Waals surface area contributed by atoms with Crippen LogP contribution in [0.4, 0.5) is 14.5 Å². The number of carbonyl (C=O) groups is 1. The van der Waals surface area contributed by atoms with Gasteiger partial charge in [-0.15, -0.1) is 0 Å². The van der Waals surface area contributed by atoms with E-state index in [0.29, 0.717) is 0 Å². The molecule has 1 rings (SSSR count). The maximum absolute atomic E-state index is 13.4. The number of anilines is 1. The minimum absolute atomic E-state index is 0.206. The average molecular weight is 257 g/mol. The van der Waals surface area contributed by atoms with E-state index in [0.717, 1.165) is 25.0 Å². The molecule has 0 radical (unpaired) electrons. The second-order valence-electron chi connectivity index (χ2n) is 4.13. The van der Waals surface area contributed by atoms with Crippen molar-refractivity contribution < 1.29 is 18.3 Å². The third-order valence-corrected chi connectivity index (χ3v) is 2.91. The van der Waals surface area contributed by atoms with E-state index in [1.807, 2.05) is 13.8 Å². The van der Waals surface area contributed by atoms with Gasteiger partial charge in [0.2, 0.25) is 0 Å². The molecule has 0 atom stereocenters. The van der Waals surface area contributed by atoms with Gasteiger partial charge in [0.25, 0.3) is 0 Å². The molecule has 0 fully saturated rings. The number of rotatable bonds is 5. The first kappa shape index (κ1) is 14.4. The molecule has 0 saturated heterocycles. The Morgan fingerprint density at radius 2 is 1.89 bits per heavy atom. The first-order valence-electron chi connectivity index (χ1n) is 5.91. The first-order chi connectivity index (χ1) is 8.49. The van der Waals surface area contributed by atoms with Crippen LogP contribution in [0.3, 0.4) is 0 Å². The molecule has 3 nitrogen and oxygen atoms in total. The average Bonchev–Trinajstić information content (AvgIpc) is 2.34. The van der Waals surface area contributed by atoms with E-state index in [1.165, 1.54) is 0 Å². The molecule has 0 aliphatic carbocycles. The Bertz CT molecular complexity index is 431. The van der Waals surface area contributed by atoms with Gasteiger partial charge in [-0.25, -0.2) is 13.6 Å². The zero-order valence-corrected chi connectivity index (χ0v) is 10.5. The Kier molecular flexibility index (Phi) is 5.07. The third-order valence-electron chi connectivity index (χ3n) is 2.91. The smallest absolute Gasteiger partial charge is 0.341 e. The zero-order chi connectivity index (χ0) is 13.7. The fourth-order valence-corrected chi connectivity index (χ4v) is 1.51. The molecule has 0 heterocycles. The van der Waals surface area contributed by atoms with Gasteiger partial charge in [-0.1, -0.05) is 26.7 Å². The van der Waals surface area contributed by atoms with Crippen molar-refractivity contribution in [1.29, 1.82) is 0 Å². The van der Waals surface area contributed by atoms with Crippen molar-refractivity contribution in [2.45, 2.75) is 26.7 Å². The second kappa shape index (κ2) is 6.33. The van der Waals surface area contributed by atoms with Crippen molar-refractivity contribution in [3.8, 4) is 0 Å². The summed E-state index contributed by atoms with van der Waals surface area (Å²) < 4.78 is 31.5. The first-order valence-corrected chi connectivity index (χ1v) is 5.91. The van der Waals surface area contributed by atoms with E-state index in [1.54, 1.807) is 0 Å². The van der Waals surface area contributed by atoms with Gasteiger partial charge < -0.3 is 10.5 Å². The monoisotopic (exact) mass is 257 g/mol. The standard InChI is InChI=1S/C13H17F2NO2/c1-3-8(4-2)7-18-13(17)9-5-11(15)12(16)6-10(9)14/h5-6,8H,3-4,7,16H2,1-2H3. The zero-order valence-electron chi connectivity index (χ0n) is 10.5. The van der Waals surface area contributed by atoms with Gasteiger partial charge in [0.05, 0.1) is 17.9 Å². The number of nitrogens with two attached hydrogens (primary N) is 1. The fourth-order valence-electron chi connectivity index (χ4n) is 1.51. The van der Waals surface area contributed by atoms with E-state index in [9.17, 15) is 13.6 Å². The van der Waals surface area contributed by atoms with Gasteiger partial charge in [-0.3, -0.25) is 0 Å². The SMILES string of the molecule is CCC(CC)COC(=O)c1cc(F)c(N)cc1F. The molecule has 1 aromatic carbocycles. The van der Waals surface area contributed by atoms with Crippen molar-refractivity contribution in [2.24, 2.45) is 5.92 Å². The molecule has 0 spiro atoms. The number of hydrogen-bond donors (Lipinski definition) is 1. The van der Waals surface area contributed by atoms with E-state index in [-0.39, 0.29) is 18.2 Å². The number of esters is 1. The van der Waals surface area contributed by atoms with Gasteiger partial charge in [0, 0.05) is 6.07 Å². The summed E-state index contributed by atoms with van der Waals surface area (Å²) in [6.45, 7) is 4.16. The van der Waals surface area contributed by atoms with E-state index >= 15 is 0 Å². The summed E-state index contributed by atoms with van der Waals surface area (Å²) in [4.78, 5) is 11.6. The van der Waals surface area contributed by atoms with Crippen LogP contribution >= 0.6 is 0 Å². The van der Waals surface area contributed by atoms with Crippen molar-refractivity contribution in [1.82, 2.24) is 0 Å². The van der Waals surface area contributed by atoms with Gasteiger partial charge in [0.1, 0.15) is 11.6 Å². The van der Waals surface area contributed by atoms with Crippen LogP contribution in [0.1, 0.15) is 37.0 Å². The van der Waals surface area contributed by atoms with Crippen LogP contribution < -0.4 is 5.73 Å². The maximum atomic E-state index is 13.4. The summed E-state index contributed by atoms with van der Waals surface area (Å²) in [7, 11) is 0. The molecular weight excluding hydrogens is 240 g/mol. The minimum atomic E-state index is -0.872. The molecule has 0 aliphatic heterocycles. The number of hydrogen-bond acceptors (Lipinski definition) is 3. The summed E-state index contributed by atoms with van der Waals surface area (Å²) in [6.07, 6.45) is 1.73. The highest BCUT2D eigenvalue weighted by Gasteiger charge is 2.17. The van der Waals surface area contributed by atoms with Crippen molar-refractivity contribution in [2.75, 3.05) is 12.3 Å². The Hall–Kier alpha value is -1.65. The molecule has 0 saturated carbocycles. The Labute approximate surface area is 105 Å². The third kappa shape index (κ3) is 3.42. The van der Waals surface area contributed by atoms with E-state index < -0.39 is 23.2 Å². The lowest BCUT2D eigenvalue weighted by atomic mass is 10.1. The molecule has 0 bridgehead atoms. The lowest BCUT2D eigenvalue weighted by Crippen LogP contribution is -2.15. The molecule has 0 unspecified atom stereocenters. The lowest BCUT2D eigenvalue weighted by Gasteiger charge is -2.13. The molecule has 18 heavy (non-hydrogen) atoms. The van der Waals surface area contributed by atoms with Crippen molar-refractivity contribution >= 4 is 11.7 Å². The summed E-state index contributed by atoms with van der Waals surface area (Å²) in [5.74, 6) is -2.33. The number of ether oxygens (including phenoxy) is 1. The number of nitrogen functional groups attached to an aromatic ring is 1. The highest BCUT2D eigenvalue weighted by atomic mass is 19.1. The van der Waals surface area contributed by atoms with Crippen LogP contribution in [0.15, 0.2) is 12.1 Å². The van der Waals surface area contributed by atoms with Crippen LogP contribution in [0, 0.1) is 17.6 Å². The molecule has 0 aromatic heterocycles. The van der Waals surface area contributed by atoms with Gasteiger partial charge in [-0.05, 0) is 12.0 Å². The number of carbonyl (C=O) groups excluding carboxylic acids is 1. The van der Waals surface area contributed by atoms with Crippen LogP contribution in [0.25, 0.3) is 0 Å². The minimum Gasteiger partial charge on any atom is -0.462 e. The highest BCUT2D eigenvalue weighted by Crippen LogP contribution is 2.18. The summed E-state index contributed by atoms with van der Waals surface area (Å²) in [6, 6.07) is 1.54. The molecule has 2 N–H and O–H groups in total. The van der Waals surface area contributed by atoms with Crippen molar-refractivity contribution in [3.63, 3.8) is 0 Å². The Balaban J connectivity index is 2.76. The highest BCUT2D eigenvalue weighted by molar-refractivity contribution is 5.90. The van der Waals surface area contributed by atoms with Crippen LogP contribution in [-0.2, 0) is 4.74 Å². The Morgan fingerprint density at radius 1 is 1.28 bits per heavy atom. The van der Waals surface area contributed by atoms with Gasteiger partial charge in [0.15, 0.2) is 0 Å². The van der Waals surface area contributed by atoms with Gasteiger partial charge in [-0.2, -0.15) is 0 Å². The van der Waals surface area contributed by atoms with Crippen molar-refractivity contribution in [3.05, 3.63) is 29.3 Å². The molecule has 0 aliphatic rings.